The lowest BCUT2D eigenvalue weighted by molar-refractivity contribution is -0.122. The molecule has 0 spiro atoms. The number of aryl methyl sites for hydroxylation is 2. The van der Waals surface area contributed by atoms with Gasteiger partial charge in [-0.15, -0.1) is 0 Å². The van der Waals surface area contributed by atoms with Gasteiger partial charge in [0.15, 0.2) is 0 Å². The van der Waals surface area contributed by atoms with Crippen LogP contribution in [0.25, 0.3) is 0 Å². The van der Waals surface area contributed by atoms with Crippen LogP contribution in [0.15, 0.2) is 41.5 Å². The van der Waals surface area contributed by atoms with Crippen LogP contribution in [-0.2, 0) is 9.59 Å². The van der Waals surface area contributed by atoms with E-state index in [4.69, 9.17) is 0 Å². The van der Waals surface area contributed by atoms with Crippen molar-refractivity contribution in [2.24, 2.45) is 23.7 Å². The van der Waals surface area contributed by atoms with E-state index in [1.807, 2.05) is 32.0 Å². The van der Waals surface area contributed by atoms with Crippen LogP contribution in [0, 0.1) is 37.5 Å². The first kappa shape index (κ1) is 16.0. The van der Waals surface area contributed by atoms with E-state index in [-0.39, 0.29) is 35.5 Å². The molecule has 3 heteroatoms. The van der Waals surface area contributed by atoms with Gasteiger partial charge >= 0.3 is 0 Å². The number of benzene rings is 1. The first-order valence-electron chi connectivity index (χ1n) is 9.93. The lowest BCUT2D eigenvalue weighted by Crippen LogP contribution is -2.34. The Morgan fingerprint density at radius 2 is 1.50 bits per heavy atom. The van der Waals surface area contributed by atoms with Gasteiger partial charge < -0.3 is 0 Å². The predicted octanol–water partition coefficient (Wildman–Crippen LogP) is 4.49. The van der Waals surface area contributed by atoms with Gasteiger partial charge in [0, 0.05) is 11.8 Å². The summed E-state index contributed by atoms with van der Waals surface area (Å²) >= 11 is 0. The average molecular weight is 347 g/mol. The number of anilines is 1. The van der Waals surface area contributed by atoms with Crippen molar-refractivity contribution in [3.8, 4) is 0 Å². The van der Waals surface area contributed by atoms with Crippen molar-refractivity contribution in [1.82, 2.24) is 0 Å². The molecular formula is C23H25NO2. The minimum Gasteiger partial charge on any atom is -0.274 e. The van der Waals surface area contributed by atoms with Crippen LogP contribution in [0.1, 0.15) is 43.2 Å². The largest absolute Gasteiger partial charge is 0.274 e. The monoisotopic (exact) mass is 347 g/mol. The lowest BCUT2D eigenvalue weighted by Gasteiger charge is -2.24. The third-order valence-electron chi connectivity index (χ3n) is 6.89. The molecule has 0 radical (unpaired) electrons. The molecular weight excluding hydrogens is 322 g/mol. The normalized spacial score (nSPS) is 32.8. The molecule has 0 N–H and O–H groups in total. The number of fused-ring (bicyclic) bond motifs is 5. The number of amides is 2. The first-order chi connectivity index (χ1) is 12.6. The molecule has 1 aromatic rings. The molecule has 4 atom stereocenters. The minimum absolute atomic E-state index is 0.0134. The summed E-state index contributed by atoms with van der Waals surface area (Å²) < 4.78 is 0. The molecule has 2 saturated carbocycles. The molecule has 2 amide bonds. The highest BCUT2D eigenvalue weighted by Gasteiger charge is 2.62. The third kappa shape index (κ3) is 2.06. The maximum absolute atomic E-state index is 13.3. The van der Waals surface area contributed by atoms with Gasteiger partial charge in [0.2, 0.25) is 11.8 Å². The molecule has 0 unspecified atom stereocenters. The van der Waals surface area contributed by atoms with Crippen molar-refractivity contribution in [3.63, 3.8) is 0 Å². The molecule has 1 aromatic carbocycles. The molecule has 134 valence electrons. The molecule has 26 heavy (non-hydrogen) atoms. The number of rotatable bonds is 1. The number of hydrogen-bond donors (Lipinski definition) is 0. The molecule has 1 heterocycles. The highest BCUT2D eigenvalue weighted by Crippen LogP contribution is 2.58. The number of hydrogen-bond acceptors (Lipinski definition) is 2. The van der Waals surface area contributed by atoms with Gasteiger partial charge in [0.05, 0.1) is 17.5 Å². The maximum Gasteiger partial charge on any atom is 0.238 e. The Morgan fingerprint density at radius 3 is 2.12 bits per heavy atom. The standard InChI is InChI=1S/C23H25NO2/c1-13-8-9-14(2)18(12-13)24-22(25)20-16-10-11-17(21(20)23(24)26)19(16)15-6-4-3-5-7-15/h8-12,16-17,20-21H,3-7H2,1-2H3/t16-,17-,20-,21+/m0/s1. The van der Waals surface area contributed by atoms with Crippen LogP contribution in [0.3, 0.4) is 0 Å². The summed E-state index contributed by atoms with van der Waals surface area (Å²) in [5, 5.41) is 0. The van der Waals surface area contributed by atoms with Gasteiger partial charge in [-0.1, -0.05) is 41.9 Å². The van der Waals surface area contributed by atoms with Gasteiger partial charge in [0.25, 0.3) is 0 Å². The fourth-order valence-electron chi connectivity index (χ4n) is 5.70. The van der Waals surface area contributed by atoms with Crippen molar-refractivity contribution in [3.05, 3.63) is 52.6 Å². The Balaban J connectivity index is 1.55. The molecule has 5 rings (SSSR count). The van der Waals surface area contributed by atoms with Crippen LogP contribution in [-0.4, -0.2) is 11.8 Å². The van der Waals surface area contributed by atoms with Crippen molar-refractivity contribution < 1.29 is 9.59 Å². The highest BCUT2D eigenvalue weighted by atomic mass is 16.2. The van der Waals surface area contributed by atoms with Crippen molar-refractivity contribution >= 4 is 17.5 Å². The Hall–Kier alpha value is -2.16. The van der Waals surface area contributed by atoms with E-state index in [2.05, 4.69) is 12.2 Å². The number of carbonyl (C=O) groups excluding carboxylic acids is 2. The molecule has 3 nitrogen and oxygen atoms in total. The summed E-state index contributed by atoms with van der Waals surface area (Å²) in [6.45, 7) is 3.98. The number of imide groups is 1. The second-order valence-electron chi connectivity index (χ2n) is 8.41. The van der Waals surface area contributed by atoms with Gasteiger partial charge in [-0.25, -0.2) is 4.90 Å². The smallest absolute Gasteiger partial charge is 0.238 e. The van der Waals surface area contributed by atoms with Crippen LogP contribution in [0.4, 0.5) is 5.69 Å². The zero-order valence-corrected chi connectivity index (χ0v) is 15.5. The quantitative estimate of drug-likeness (QED) is 0.555. The Kier molecular flexibility index (Phi) is 3.50. The maximum atomic E-state index is 13.3. The van der Waals surface area contributed by atoms with Crippen LogP contribution >= 0.6 is 0 Å². The fraction of sp³-hybridized carbons (Fsp3) is 0.478. The molecule has 1 saturated heterocycles. The Morgan fingerprint density at radius 1 is 0.885 bits per heavy atom. The predicted molar refractivity (Wildman–Crippen MR) is 102 cm³/mol. The summed E-state index contributed by atoms with van der Waals surface area (Å²) in [6, 6.07) is 6.01. The molecule has 1 aliphatic heterocycles. The van der Waals surface area contributed by atoms with Crippen molar-refractivity contribution in [2.45, 2.75) is 46.0 Å². The van der Waals surface area contributed by atoms with Gasteiger partial charge in [0.1, 0.15) is 0 Å². The summed E-state index contributed by atoms with van der Waals surface area (Å²) in [6.07, 6.45) is 10.6. The highest BCUT2D eigenvalue weighted by molar-refractivity contribution is 6.23. The summed E-state index contributed by atoms with van der Waals surface area (Å²) in [5.74, 6) is -0.0167. The molecule has 3 fully saturated rings. The van der Waals surface area contributed by atoms with E-state index in [0.29, 0.717) is 0 Å². The van der Waals surface area contributed by atoms with E-state index in [1.54, 1.807) is 5.57 Å². The van der Waals surface area contributed by atoms with E-state index in [9.17, 15) is 9.59 Å². The topological polar surface area (TPSA) is 37.4 Å². The van der Waals surface area contributed by atoms with Crippen molar-refractivity contribution in [1.29, 1.82) is 0 Å². The molecule has 2 bridgehead atoms. The Labute approximate surface area is 154 Å². The van der Waals surface area contributed by atoms with Gasteiger partial charge in [-0.2, -0.15) is 0 Å². The fourth-order valence-corrected chi connectivity index (χ4v) is 5.70. The van der Waals surface area contributed by atoms with Gasteiger partial charge in [-0.05, 0) is 56.7 Å². The zero-order chi connectivity index (χ0) is 18.0. The average Bonchev–Trinajstić information content (AvgIpc) is 3.28. The zero-order valence-electron chi connectivity index (χ0n) is 15.5. The number of carbonyl (C=O) groups is 2. The minimum atomic E-state index is -0.179. The number of allylic oxidation sites excluding steroid dienone is 4. The van der Waals surface area contributed by atoms with E-state index in [0.717, 1.165) is 29.7 Å². The first-order valence-corrected chi connectivity index (χ1v) is 9.93. The van der Waals surface area contributed by atoms with Crippen LogP contribution in [0.5, 0.6) is 0 Å². The van der Waals surface area contributed by atoms with Crippen molar-refractivity contribution in [2.75, 3.05) is 4.90 Å². The SMILES string of the molecule is Cc1ccc(C)c(N2C(=O)[C@@H]3[C@H](C2=O)[C@H]2C=C[C@H]3C2=C2CCCCC2)c1. The summed E-state index contributed by atoms with van der Waals surface area (Å²) in [7, 11) is 0. The molecule has 4 aliphatic rings. The van der Waals surface area contributed by atoms with E-state index < -0.39 is 0 Å². The number of nitrogens with zero attached hydrogens (tertiary/aromatic N) is 1. The molecule has 0 aromatic heterocycles. The lowest BCUT2D eigenvalue weighted by atomic mass is 9.85. The van der Waals surface area contributed by atoms with E-state index >= 15 is 0 Å². The van der Waals surface area contributed by atoms with E-state index in [1.165, 1.54) is 29.7 Å². The van der Waals surface area contributed by atoms with Crippen LogP contribution in [0.2, 0.25) is 0 Å². The third-order valence-corrected chi connectivity index (χ3v) is 6.89. The summed E-state index contributed by atoms with van der Waals surface area (Å²) in [5.41, 5.74) is 5.82. The summed E-state index contributed by atoms with van der Waals surface area (Å²) in [4.78, 5) is 28.1. The Bertz CT molecular complexity index is 836. The molecule has 3 aliphatic carbocycles. The van der Waals surface area contributed by atoms with Gasteiger partial charge in [-0.3, -0.25) is 9.59 Å². The van der Waals surface area contributed by atoms with Crippen LogP contribution < -0.4 is 4.90 Å². The second-order valence-corrected chi connectivity index (χ2v) is 8.41. The second kappa shape index (κ2) is 5.67.